The molecule has 1 heterocycles. The topological polar surface area (TPSA) is 75.3 Å². The Morgan fingerprint density at radius 3 is 2.59 bits per heavy atom. The van der Waals surface area contributed by atoms with E-state index in [1.165, 1.54) is 0 Å². The second-order valence-electron chi connectivity index (χ2n) is 5.27. The molecule has 1 amide bonds. The molecule has 2 N–H and O–H groups in total. The number of hydrogen-bond donors (Lipinski definition) is 2. The molecule has 22 heavy (non-hydrogen) atoms. The first-order valence-electron chi connectivity index (χ1n) is 6.89. The van der Waals surface area contributed by atoms with Crippen molar-refractivity contribution in [1.82, 2.24) is 10.6 Å². The van der Waals surface area contributed by atoms with Crippen LogP contribution in [0.3, 0.4) is 0 Å². The summed E-state index contributed by atoms with van der Waals surface area (Å²) in [7, 11) is -3.45. The Morgan fingerprint density at radius 1 is 1.32 bits per heavy atom. The predicted molar refractivity (Wildman–Crippen MR) is 92.9 cm³/mol. The number of amides is 1. The lowest BCUT2D eigenvalue weighted by atomic mass is 10.1. The van der Waals surface area contributed by atoms with Crippen molar-refractivity contribution in [3.05, 3.63) is 34.3 Å². The fourth-order valence-corrected chi connectivity index (χ4v) is 3.88. The molecule has 1 aromatic carbocycles. The molecule has 1 aliphatic rings. The number of nitrogens with one attached hydrogen (secondary N) is 2. The third kappa shape index (κ3) is 6.64. The Hall–Kier alpha value is -0.630. The molecule has 1 aliphatic heterocycles. The average molecular weight is 412 g/mol. The van der Waals surface area contributed by atoms with Crippen LogP contribution in [0.15, 0.2) is 28.7 Å². The highest BCUT2D eigenvalue weighted by Gasteiger charge is 2.21. The number of benzene rings is 1. The molecule has 1 atom stereocenters. The Bertz CT molecular complexity index is 587. The van der Waals surface area contributed by atoms with Crippen LogP contribution in [-0.4, -0.2) is 39.2 Å². The van der Waals surface area contributed by atoms with Gasteiger partial charge in [0.25, 0.3) is 0 Å². The first-order chi connectivity index (χ1) is 9.94. The second kappa shape index (κ2) is 8.86. The summed E-state index contributed by atoms with van der Waals surface area (Å²) in [4.78, 5) is 11.8. The van der Waals surface area contributed by atoms with Crippen molar-refractivity contribution < 1.29 is 13.2 Å². The van der Waals surface area contributed by atoms with Gasteiger partial charge < -0.3 is 10.6 Å². The van der Waals surface area contributed by atoms with E-state index in [2.05, 4.69) is 26.6 Å². The molecule has 0 bridgehead atoms. The van der Waals surface area contributed by atoms with Gasteiger partial charge in [0.2, 0.25) is 5.91 Å². The van der Waals surface area contributed by atoms with Gasteiger partial charge in [0.1, 0.15) is 5.75 Å². The number of sulfone groups is 1. The quantitative estimate of drug-likeness (QED) is 0.772. The molecule has 0 radical (unpaired) electrons. The molecule has 1 saturated heterocycles. The van der Waals surface area contributed by atoms with E-state index in [0.29, 0.717) is 12.1 Å². The molecule has 124 valence electrons. The van der Waals surface area contributed by atoms with Crippen LogP contribution in [0.1, 0.15) is 18.4 Å². The maximum atomic E-state index is 12.0. The third-order valence-electron chi connectivity index (χ3n) is 3.31. The van der Waals surface area contributed by atoms with E-state index in [0.717, 1.165) is 23.9 Å². The number of carbonyl (C=O) groups is 1. The summed E-state index contributed by atoms with van der Waals surface area (Å²) in [5.74, 6) is -0.989. The monoisotopic (exact) mass is 410 g/mol. The summed E-state index contributed by atoms with van der Waals surface area (Å²) in [5.41, 5.74) is 0.685. The summed E-state index contributed by atoms with van der Waals surface area (Å²) in [6.45, 7) is 1.66. The van der Waals surface area contributed by atoms with Gasteiger partial charge in [-0.05, 0) is 37.1 Å². The van der Waals surface area contributed by atoms with Gasteiger partial charge in [-0.15, -0.1) is 12.4 Å². The van der Waals surface area contributed by atoms with Crippen LogP contribution in [-0.2, 0) is 20.4 Å². The molecule has 0 saturated carbocycles. The minimum atomic E-state index is -3.45. The van der Waals surface area contributed by atoms with Crippen LogP contribution in [0.2, 0.25) is 0 Å². The van der Waals surface area contributed by atoms with Gasteiger partial charge in [-0.25, -0.2) is 8.42 Å². The van der Waals surface area contributed by atoms with Crippen LogP contribution in [0.25, 0.3) is 0 Å². The molecule has 0 aromatic heterocycles. The summed E-state index contributed by atoms with van der Waals surface area (Å²) in [5, 5.41) is 5.96. The maximum absolute atomic E-state index is 12.0. The van der Waals surface area contributed by atoms with E-state index in [1.54, 1.807) is 24.3 Å². The van der Waals surface area contributed by atoms with E-state index in [1.807, 2.05) is 0 Å². The third-order valence-corrected chi connectivity index (χ3v) is 5.32. The SMILES string of the molecule is Cl.O=C(CS(=O)(=O)Cc1ccc(Br)cc1)NC1CCCNC1. The number of carbonyl (C=O) groups excluding carboxylic acids is 1. The standard InChI is InChI=1S/C14H19BrN2O3S.ClH/c15-12-5-3-11(4-6-12)9-21(19,20)10-14(18)17-13-2-1-7-16-8-13;/h3-6,13,16H,1-2,7-10H2,(H,17,18);1H. The van der Waals surface area contributed by atoms with E-state index in [4.69, 9.17) is 0 Å². The van der Waals surface area contributed by atoms with Crippen LogP contribution < -0.4 is 10.6 Å². The van der Waals surface area contributed by atoms with Crippen molar-refractivity contribution in [2.24, 2.45) is 0 Å². The number of halogens is 2. The van der Waals surface area contributed by atoms with Crippen molar-refractivity contribution in [3.8, 4) is 0 Å². The Morgan fingerprint density at radius 2 is 2.00 bits per heavy atom. The predicted octanol–water partition coefficient (Wildman–Crippen LogP) is 1.65. The first-order valence-corrected chi connectivity index (χ1v) is 9.51. The largest absolute Gasteiger partial charge is 0.351 e. The molecule has 8 heteroatoms. The smallest absolute Gasteiger partial charge is 0.235 e. The summed E-state index contributed by atoms with van der Waals surface area (Å²) >= 11 is 3.30. The van der Waals surface area contributed by atoms with E-state index < -0.39 is 21.5 Å². The molecule has 0 aliphatic carbocycles. The minimum Gasteiger partial charge on any atom is -0.351 e. The zero-order chi connectivity index (χ0) is 15.3. The Balaban J connectivity index is 0.00000242. The molecule has 5 nitrogen and oxygen atoms in total. The lowest BCUT2D eigenvalue weighted by Crippen LogP contribution is -2.47. The summed E-state index contributed by atoms with van der Waals surface area (Å²) < 4.78 is 25.0. The van der Waals surface area contributed by atoms with E-state index >= 15 is 0 Å². The van der Waals surface area contributed by atoms with Gasteiger partial charge in [-0.2, -0.15) is 0 Å². The molecule has 1 fully saturated rings. The number of hydrogen-bond acceptors (Lipinski definition) is 4. The van der Waals surface area contributed by atoms with Crippen molar-refractivity contribution in [1.29, 1.82) is 0 Å². The molecule has 2 rings (SSSR count). The van der Waals surface area contributed by atoms with Crippen LogP contribution in [0.5, 0.6) is 0 Å². The van der Waals surface area contributed by atoms with Gasteiger partial charge >= 0.3 is 0 Å². The normalized spacial score (nSPS) is 18.3. The van der Waals surface area contributed by atoms with Crippen LogP contribution in [0.4, 0.5) is 0 Å². The minimum absolute atomic E-state index is 0. The fraction of sp³-hybridized carbons (Fsp3) is 0.500. The molecular formula is C14H20BrClN2O3S. The van der Waals surface area contributed by atoms with Crippen LogP contribution in [0, 0.1) is 0 Å². The van der Waals surface area contributed by atoms with Crippen LogP contribution >= 0.6 is 28.3 Å². The lowest BCUT2D eigenvalue weighted by Gasteiger charge is -2.23. The van der Waals surface area contributed by atoms with Gasteiger partial charge in [-0.1, -0.05) is 28.1 Å². The van der Waals surface area contributed by atoms with Crippen molar-refractivity contribution in [2.75, 3.05) is 18.8 Å². The molecule has 1 unspecified atom stereocenters. The Kier molecular flexibility index (Phi) is 7.82. The maximum Gasteiger partial charge on any atom is 0.235 e. The zero-order valence-electron chi connectivity index (χ0n) is 12.0. The van der Waals surface area contributed by atoms with Crippen molar-refractivity contribution >= 4 is 44.1 Å². The summed E-state index contributed by atoms with van der Waals surface area (Å²) in [6, 6.07) is 7.10. The van der Waals surface area contributed by atoms with Gasteiger partial charge in [0.05, 0.1) is 5.75 Å². The van der Waals surface area contributed by atoms with Gasteiger partial charge in [-0.3, -0.25) is 4.79 Å². The lowest BCUT2D eigenvalue weighted by molar-refractivity contribution is -0.119. The zero-order valence-corrected chi connectivity index (χ0v) is 15.3. The highest BCUT2D eigenvalue weighted by atomic mass is 79.9. The van der Waals surface area contributed by atoms with Gasteiger partial charge in [0, 0.05) is 17.1 Å². The molecule has 1 aromatic rings. The number of rotatable bonds is 5. The van der Waals surface area contributed by atoms with Gasteiger partial charge in [0.15, 0.2) is 9.84 Å². The van der Waals surface area contributed by atoms with E-state index in [-0.39, 0.29) is 24.2 Å². The van der Waals surface area contributed by atoms with E-state index in [9.17, 15) is 13.2 Å². The first kappa shape index (κ1) is 19.4. The number of piperidine rings is 1. The average Bonchev–Trinajstić information content (AvgIpc) is 2.41. The molecule has 0 spiro atoms. The fourth-order valence-electron chi connectivity index (χ4n) is 2.33. The highest BCUT2D eigenvalue weighted by Crippen LogP contribution is 2.13. The molecular weight excluding hydrogens is 392 g/mol. The second-order valence-corrected chi connectivity index (χ2v) is 8.25. The summed E-state index contributed by atoms with van der Waals surface area (Å²) in [6.07, 6.45) is 1.89. The Labute approximate surface area is 145 Å². The van der Waals surface area contributed by atoms with Crippen molar-refractivity contribution in [3.63, 3.8) is 0 Å². The highest BCUT2D eigenvalue weighted by molar-refractivity contribution is 9.10. The van der Waals surface area contributed by atoms with Crippen molar-refractivity contribution in [2.45, 2.75) is 24.6 Å².